The molecule has 43 heavy (non-hydrogen) atoms. The van der Waals surface area contributed by atoms with Crippen molar-refractivity contribution in [3.05, 3.63) is 103 Å². The van der Waals surface area contributed by atoms with Gasteiger partial charge in [-0.15, -0.1) is 0 Å². The molecule has 13 heteroatoms. The molecule has 1 atom stereocenters. The summed E-state index contributed by atoms with van der Waals surface area (Å²) >= 11 is 12.2. The molecular formula is C30H27Br2FN4O5S. The Labute approximate surface area is 270 Å². The lowest BCUT2D eigenvalue weighted by Crippen LogP contribution is -2.45. The number of hydrazone groups is 1. The number of allylic oxidation sites excluding steroid dienone is 1. The highest BCUT2D eigenvalue weighted by Gasteiger charge is 2.32. The topological polar surface area (TPSA) is 110 Å². The van der Waals surface area contributed by atoms with E-state index in [9.17, 15) is 14.0 Å². The summed E-state index contributed by atoms with van der Waals surface area (Å²) < 4.78 is 32.0. The molecule has 224 valence electrons. The Morgan fingerprint density at radius 3 is 2.51 bits per heavy atom. The second-order valence-corrected chi connectivity index (χ2v) is 11.2. The highest BCUT2D eigenvalue weighted by atomic mass is 79.9. The van der Waals surface area contributed by atoms with E-state index >= 15 is 0 Å². The molecule has 9 nitrogen and oxygen atoms in total. The molecule has 0 bridgehead atoms. The highest BCUT2D eigenvalue weighted by Crippen LogP contribution is 2.35. The van der Waals surface area contributed by atoms with Crippen molar-refractivity contribution in [3.8, 4) is 11.5 Å². The van der Waals surface area contributed by atoms with Gasteiger partial charge in [0.25, 0.3) is 5.91 Å². The number of nitrogens with one attached hydrogen (secondary N) is 3. The molecule has 1 amide bonds. The number of hydrogen-bond donors (Lipinski definition) is 3. The summed E-state index contributed by atoms with van der Waals surface area (Å²) in [7, 11) is 0. The molecule has 3 aromatic rings. The average Bonchev–Trinajstić information content (AvgIpc) is 2.96. The molecule has 0 saturated carbocycles. The normalized spacial score (nSPS) is 14.6. The zero-order chi connectivity index (χ0) is 30.9. The summed E-state index contributed by atoms with van der Waals surface area (Å²) in [4.78, 5) is 25.3. The van der Waals surface area contributed by atoms with Gasteiger partial charge in [0.15, 0.2) is 11.7 Å². The molecule has 1 aliphatic heterocycles. The predicted octanol–water partition coefficient (Wildman–Crippen LogP) is 5.81. The zero-order valence-corrected chi connectivity index (χ0v) is 27.1. The van der Waals surface area contributed by atoms with Crippen LogP contribution in [0, 0.1) is 5.82 Å². The lowest BCUT2D eigenvalue weighted by Gasteiger charge is -2.30. The van der Waals surface area contributed by atoms with E-state index in [4.69, 9.17) is 26.4 Å². The maximum atomic E-state index is 13.9. The molecule has 4 rings (SSSR count). The van der Waals surface area contributed by atoms with Crippen molar-refractivity contribution in [1.29, 1.82) is 0 Å². The molecule has 0 unspecified atom stereocenters. The Morgan fingerprint density at radius 2 is 1.79 bits per heavy atom. The third-order valence-electron chi connectivity index (χ3n) is 6.11. The van der Waals surface area contributed by atoms with Gasteiger partial charge in [-0.1, -0.05) is 36.4 Å². The van der Waals surface area contributed by atoms with Crippen LogP contribution in [0.4, 0.5) is 4.39 Å². The summed E-state index contributed by atoms with van der Waals surface area (Å²) in [5, 5.41) is 10.4. The molecule has 1 heterocycles. The van der Waals surface area contributed by atoms with E-state index in [-0.39, 0.29) is 25.6 Å². The summed E-state index contributed by atoms with van der Waals surface area (Å²) in [6, 6.07) is 16.3. The van der Waals surface area contributed by atoms with Crippen LogP contribution in [-0.4, -0.2) is 36.4 Å². The number of amides is 1. The monoisotopic (exact) mass is 732 g/mol. The van der Waals surface area contributed by atoms with E-state index < -0.39 is 17.9 Å². The van der Waals surface area contributed by atoms with Crippen LogP contribution in [0.15, 0.2) is 86.0 Å². The molecule has 0 spiro atoms. The van der Waals surface area contributed by atoms with Crippen molar-refractivity contribution in [2.75, 3.05) is 13.2 Å². The van der Waals surface area contributed by atoms with E-state index in [0.717, 1.165) is 0 Å². The third kappa shape index (κ3) is 8.39. The summed E-state index contributed by atoms with van der Waals surface area (Å²) in [5.74, 6) is -0.450. The predicted molar refractivity (Wildman–Crippen MR) is 171 cm³/mol. The Hall–Kier alpha value is -3.81. The number of esters is 1. The van der Waals surface area contributed by atoms with Gasteiger partial charge in [0.1, 0.15) is 23.9 Å². The van der Waals surface area contributed by atoms with Crippen LogP contribution in [0.1, 0.15) is 36.6 Å². The van der Waals surface area contributed by atoms with Crippen molar-refractivity contribution in [2.24, 2.45) is 5.10 Å². The van der Waals surface area contributed by atoms with Crippen LogP contribution in [0.2, 0.25) is 0 Å². The number of hydrogen-bond acceptors (Lipinski definition) is 7. The third-order valence-corrected chi connectivity index (χ3v) is 7.50. The minimum Gasteiger partial charge on any atom is -0.486 e. The number of ether oxygens (including phenoxy) is 3. The van der Waals surface area contributed by atoms with Gasteiger partial charge in [-0.2, -0.15) is 5.10 Å². The van der Waals surface area contributed by atoms with E-state index in [2.05, 4.69) is 53.0 Å². The molecule has 0 aromatic heterocycles. The standard InChI is InChI=1S/C30H27Br2FN4O5S/c1-3-40-29(39)26-17(2)35-30(43)36-27(26)20-9-5-7-11-24(20)41-16-25(38)37-34-14-18-12-21(31)28(22(32)13-18)42-15-19-8-4-6-10-23(19)33/h4-14,27H,3,15-16H2,1-2H3,(H,37,38)(H2,35,36,43)/t27-/m0/s1. The van der Waals surface area contributed by atoms with Gasteiger partial charge < -0.3 is 24.8 Å². The van der Waals surface area contributed by atoms with Crippen LogP contribution in [0.25, 0.3) is 0 Å². The van der Waals surface area contributed by atoms with Crippen LogP contribution in [-0.2, 0) is 20.9 Å². The fourth-order valence-corrected chi connectivity index (χ4v) is 5.89. The van der Waals surface area contributed by atoms with E-state index in [1.165, 1.54) is 12.3 Å². The molecule has 0 radical (unpaired) electrons. The van der Waals surface area contributed by atoms with E-state index in [1.807, 2.05) is 0 Å². The number of thiocarbonyl (C=S) groups is 1. The molecule has 3 N–H and O–H groups in total. The minimum atomic E-state index is -0.638. The Morgan fingerprint density at radius 1 is 1.09 bits per heavy atom. The Balaban J connectivity index is 1.38. The first-order valence-electron chi connectivity index (χ1n) is 13.0. The lowest BCUT2D eigenvalue weighted by molar-refractivity contribution is -0.139. The van der Waals surface area contributed by atoms with E-state index in [1.54, 1.807) is 68.4 Å². The maximum absolute atomic E-state index is 13.9. The van der Waals surface area contributed by atoms with Gasteiger partial charge >= 0.3 is 5.97 Å². The van der Waals surface area contributed by atoms with Crippen molar-refractivity contribution in [3.63, 3.8) is 0 Å². The fourth-order valence-electron chi connectivity index (χ4n) is 4.17. The van der Waals surface area contributed by atoms with Crippen molar-refractivity contribution < 1.29 is 28.2 Å². The summed E-state index contributed by atoms with van der Waals surface area (Å²) in [6.45, 7) is 3.40. The number of halogens is 3. The smallest absolute Gasteiger partial charge is 0.338 e. The van der Waals surface area contributed by atoms with Crippen LogP contribution >= 0.6 is 44.1 Å². The number of benzene rings is 3. The van der Waals surface area contributed by atoms with Gasteiger partial charge in [0.2, 0.25) is 0 Å². The Bertz CT molecular complexity index is 1580. The summed E-state index contributed by atoms with van der Waals surface area (Å²) in [6.07, 6.45) is 1.46. The van der Waals surface area contributed by atoms with Crippen LogP contribution in [0.5, 0.6) is 11.5 Å². The zero-order valence-electron chi connectivity index (χ0n) is 23.1. The largest absolute Gasteiger partial charge is 0.486 e. The fraction of sp³-hybridized carbons (Fsp3) is 0.200. The van der Waals surface area contributed by atoms with Gasteiger partial charge in [-0.05, 0) is 87.8 Å². The second-order valence-electron chi connectivity index (χ2n) is 9.10. The van der Waals surface area contributed by atoms with Gasteiger partial charge in [0, 0.05) is 16.8 Å². The Kier molecular flexibility index (Phi) is 11.3. The molecular weight excluding hydrogens is 707 g/mol. The van der Waals surface area contributed by atoms with Crippen LogP contribution < -0.4 is 25.5 Å². The molecule has 0 fully saturated rings. The SMILES string of the molecule is CCOC(=O)C1=C(C)NC(=S)N[C@H]1c1ccccc1OCC(=O)NN=Cc1cc(Br)c(OCc2ccccc2F)c(Br)c1. The van der Waals surface area contributed by atoms with Gasteiger partial charge in [0.05, 0.1) is 33.4 Å². The lowest BCUT2D eigenvalue weighted by atomic mass is 9.95. The van der Waals surface area contributed by atoms with E-state index in [0.29, 0.717) is 53.5 Å². The van der Waals surface area contributed by atoms with Crippen LogP contribution in [0.3, 0.4) is 0 Å². The first kappa shape index (κ1) is 32.1. The number of nitrogens with zero attached hydrogens (tertiary/aromatic N) is 1. The first-order valence-corrected chi connectivity index (χ1v) is 15.0. The number of rotatable bonds is 11. The second kappa shape index (κ2) is 15.1. The summed E-state index contributed by atoms with van der Waals surface area (Å²) in [5.41, 5.74) is 5.06. The minimum absolute atomic E-state index is 0.0525. The van der Waals surface area contributed by atoms with Crippen molar-refractivity contribution >= 4 is 67.3 Å². The maximum Gasteiger partial charge on any atom is 0.338 e. The van der Waals surface area contributed by atoms with Gasteiger partial charge in [-0.3, -0.25) is 4.79 Å². The number of carbonyl (C=O) groups is 2. The molecule has 3 aromatic carbocycles. The average molecular weight is 734 g/mol. The molecule has 0 saturated heterocycles. The van der Waals surface area contributed by atoms with Crippen molar-refractivity contribution in [2.45, 2.75) is 26.5 Å². The highest BCUT2D eigenvalue weighted by molar-refractivity contribution is 9.11. The van der Waals surface area contributed by atoms with Crippen molar-refractivity contribution in [1.82, 2.24) is 16.1 Å². The van der Waals surface area contributed by atoms with Gasteiger partial charge in [-0.25, -0.2) is 14.6 Å². The molecule has 1 aliphatic rings. The number of carbonyl (C=O) groups excluding carboxylic acids is 2. The first-order chi connectivity index (χ1) is 20.7. The quantitative estimate of drug-likeness (QED) is 0.0981. The molecule has 0 aliphatic carbocycles. The number of para-hydroxylation sites is 1.